The minimum atomic E-state index is -0.347. The molecule has 0 aromatic rings. The predicted octanol–water partition coefficient (Wildman–Crippen LogP) is 0.492. The Balaban J connectivity index is 3.84. The van der Waals surface area contributed by atoms with Gasteiger partial charge in [0.15, 0.2) is 0 Å². The average Bonchev–Trinajstić information content (AvgIpc) is 2.52. The molecule has 0 heterocycles. The van der Waals surface area contributed by atoms with Gasteiger partial charge in [0.2, 0.25) is 0 Å². The first-order valence-electron chi connectivity index (χ1n) is 7.54. The van der Waals surface area contributed by atoms with Crippen LogP contribution < -0.4 is 0 Å². The molecule has 0 atom stereocenters. The Kier molecular flexibility index (Phi) is 10.9. The highest BCUT2D eigenvalue weighted by Gasteiger charge is 2.13. The van der Waals surface area contributed by atoms with E-state index in [1.807, 2.05) is 0 Å². The van der Waals surface area contributed by atoms with Crippen molar-refractivity contribution < 1.29 is 24.5 Å². The van der Waals surface area contributed by atoms with Gasteiger partial charge in [0, 0.05) is 37.4 Å². The van der Waals surface area contributed by atoms with Crippen molar-refractivity contribution in [2.75, 3.05) is 39.8 Å². The molecule has 0 spiro atoms. The molecule has 0 aromatic heterocycles. The molecular formula is C16H28N2O5. The van der Waals surface area contributed by atoms with Gasteiger partial charge in [-0.05, 0) is 26.7 Å². The van der Waals surface area contributed by atoms with Gasteiger partial charge in [-0.25, -0.2) is 0 Å². The summed E-state index contributed by atoms with van der Waals surface area (Å²) in [6, 6.07) is 0. The van der Waals surface area contributed by atoms with Crippen LogP contribution in [-0.2, 0) is 14.3 Å². The second kappa shape index (κ2) is 11.8. The SMILES string of the molecule is C=C(C)C(=O)N(CO)CCCOCCCN(CO)C(=O)C(=C)C. The Morgan fingerprint density at radius 2 is 1.22 bits per heavy atom. The van der Waals surface area contributed by atoms with Crippen LogP contribution in [0.15, 0.2) is 24.3 Å². The molecule has 7 heteroatoms. The zero-order chi connectivity index (χ0) is 17.8. The third-order valence-electron chi connectivity index (χ3n) is 3.08. The van der Waals surface area contributed by atoms with Gasteiger partial charge >= 0.3 is 0 Å². The largest absolute Gasteiger partial charge is 0.381 e. The number of carbonyl (C=O) groups excluding carboxylic acids is 2. The van der Waals surface area contributed by atoms with Gasteiger partial charge in [0.05, 0.1) is 0 Å². The monoisotopic (exact) mass is 328 g/mol. The summed E-state index contributed by atoms with van der Waals surface area (Å²) in [6.07, 6.45) is 1.18. The van der Waals surface area contributed by atoms with Crippen LogP contribution in [0.4, 0.5) is 0 Å². The van der Waals surface area contributed by atoms with E-state index in [4.69, 9.17) is 14.9 Å². The summed E-state index contributed by atoms with van der Waals surface area (Å²) < 4.78 is 5.42. The van der Waals surface area contributed by atoms with Crippen molar-refractivity contribution in [3.05, 3.63) is 24.3 Å². The fourth-order valence-electron chi connectivity index (χ4n) is 1.83. The molecule has 0 radical (unpaired) electrons. The fourth-order valence-corrected chi connectivity index (χ4v) is 1.83. The molecule has 7 nitrogen and oxygen atoms in total. The van der Waals surface area contributed by atoms with Crippen LogP contribution in [-0.4, -0.2) is 71.6 Å². The first kappa shape index (κ1) is 21.3. The molecule has 0 aliphatic carbocycles. The lowest BCUT2D eigenvalue weighted by Gasteiger charge is -2.20. The molecule has 132 valence electrons. The average molecular weight is 328 g/mol. The third kappa shape index (κ3) is 8.49. The first-order chi connectivity index (χ1) is 10.8. The quantitative estimate of drug-likeness (QED) is 0.309. The van der Waals surface area contributed by atoms with Crippen LogP contribution in [0, 0.1) is 0 Å². The number of nitrogens with zero attached hydrogens (tertiary/aromatic N) is 2. The molecule has 0 bridgehead atoms. The molecule has 2 N–H and O–H groups in total. The smallest absolute Gasteiger partial charge is 0.250 e. The van der Waals surface area contributed by atoms with Crippen LogP contribution in [0.2, 0.25) is 0 Å². The number of hydrogen-bond acceptors (Lipinski definition) is 5. The van der Waals surface area contributed by atoms with E-state index in [-0.39, 0.29) is 25.3 Å². The van der Waals surface area contributed by atoms with Gasteiger partial charge < -0.3 is 24.7 Å². The van der Waals surface area contributed by atoms with Crippen LogP contribution in [0.1, 0.15) is 26.7 Å². The summed E-state index contributed by atoms with van der Waals surface area (Å²) in [5, 5.41) is 18.3. The Bertz CT molecular complexity index is 385. The highest BCUT2D eigenvalue weighted by molar-refractivity contribution is 5.92. The zero-order valence-corrected chi connectivity index (χ0v) is 14.1. The normalized spacial score (nSPS) is 10.3. The molecule has 0 unspecified atom stereocenters. The predicted molar refractivity (Wildman–Crippen MR) is 87.3 cm³/mol. The summed E-state index contributed by atoms with van der Waals surface area (Å²) >= 11 is 0. The van der Waals surface area contributed by atoms with Gasteiger partial charge in [0.1, 0.15) is 13.5 Å². The van der Waals surface area contributed by atoms with Crippen molar-refractivity contribution in [1.82, 2.24) is 9.80 Å². The second-order valence-corrected chi connectivity index (χ2v) is 5.30. The van der Waals surface area contributed by atoms with Gasteiger partial charge in [0.25, 0.3) is 11.8 Å². The Hall–Kier alpha value is -1.70. The molecule has 23 heavy (non-hydrogen) atoms. The summed E-state index contributed by atoms with van der Waals surface area (Å²) in [4.78, 5) is 25.8. The maximum absolute atomic E-state index is 11.6. The van der Waals surface area contributed by atoms with E-state index in [1.54, 1.807) is 13.8 Å². The van der Waals surface area contributed by atoms with Crippen molar-refractivity contribution >= 4 is 11.8 Å². The molecule has 0 aromatic carbocycles. The van der Waals surface area contributed by atoms with Gasteiger partial charge in [-0.1, -0.05) is 13.2 Å². The van der Waals surface area contributed by atoms with Crippen LogP contribution in [0.5, 0.6) is 0 Å². The third-order valence-corrected chi connectivity index (χ3v) is 3.08. The van der Waals surface area contributed by atoms with E-state index >= 15 is 0 Å². The maximum atomic E-state index is 11.6. The lowest BCUT2D eigenvalue weighted by molar-refractivity contribution is -0.131. The number of hydrogen-bond donors (Lipinski definition) is 2. The molecule has 0 aliphatic heterocycles. The standard InChI is InChI=1S/C16H28N2O5/c1-13(2)15(21)17(11-19)7-5-9-23-10-6-8-18(12-20)16(22)14(3)4/h19-20H,1,3,5-12H2,2,4H3. The number of rotatable bonds is 12. The molecule has 2 amide bonds. The van der Waals surface area contributed by atoms with Crippen molar-refractivity contribution in [1.29, 1.82) is 0 Å². The van der Waals surface area contributed by atoms with E-state index in [2.05, 4.69) is 13.2 Å². The van der Waals surface area contributed by atoms with Crippen molar-refractivity contribution in [2.45, 2.75) is 26.7 Å². The number of carbonyl (C=O) groups is 2. The van der Waals surface area contributed by atoms with Crippen LogP contribution in [0.25, 0.3) is 0 Å². The topological polar surface area (TPSA) is 90.3 Å². The van der Waals surface area contributed by atoms with E-state index in [9.17, 15) is 9.59 Å². The van der Waals surface area contributed by atoms with E-state index < -0.39 is 0 Å². The number of ether oxygens (including phenoxy) is 1. The molecule has 0 aliphatic rings. The highest BCUT2D eigenvalue weighted by Crippen LogP contribution is 2.01. The molecule has 0 saturated heterocycles. The van der Waals surface area contributed by atoms with E-state index in [0.29, 0.717) is 50.3 Å². The van der Waals surface area contributed by atoms with E-state index in [0.717, 1.165) is 0 Å². The first-order valence-corrected chi connectivity index (χ1v) is 7.54. The van der Waals surface area contributed by atoms with Crippen molar-refractivity contribution in [3.63, 3.8) is 0 Å². The van der Waals surface area contributed by atoms with Crippen LogP contribution >= 0.6 is 0 Å². The van der Waals surface area contributed by atoms with Gasteiger partial charge in [-0.15, -0.1) is 0 Å². The van der Waals surface area contributed by atoms with E-state index in [1.165, 1.54) is 9.80 Å². The van der Waals surface area contributed by atoms with Crippen LogP contribution in [0.3, 0.4) is 0 Å². The van der Waals surface area contributed by atoms with Crippen molar-refractivity contribution in [2.24, 2.45) is 0 Å². The molecular weight excluding hydrogens is 300 g/mol. The molecule has 0 rings (SSSR count). The highest BCUT2D eigenvalue weighted by atomic mass is 16.5. The molecule has 0 saturated carbocycles. The minimum Gasteiger partial charge on any atom is -0.381 e. The Labute approximate surface area is 137 Å². The Morgan fingerprint density at radius 1 is 0.870 bits per heavy atom. The number of amides is 2. The van der Waals surface area contributed by atoms with Crippen molar-refractivity contribution in [3.8, 4) is 0 Å². The Morgan fingerprint density at radius 3 is 1.48 bits per heavy atom. The number of aliphatic hydroxyl groups is 2. The number of aliphatic hydroxyl groups excluding tert-OH is 2. The summed E-state index contributed by atoms with van der Waals surface area (Å²) in [6.45, 7) is 11.3. The molecule has 0 fully saturated rings. The fraction of sp³-hybridized carbons (Fsp3) is 0.625. The second-order valence-electron chi connectivity index (χ2n) is 5.30. The maximum Gasteiger partial charge on any atom is 0.250 e. The summed E-state index contributed by atoms with van der Waals surface area (Å²) in [5.41, 5.74) is 0.762. The van der Waals surface area contributed by atoms with Gasteiger partial charge in [-0.2, -0.15) is 0 Å². The summed E-state index contributed by atoms with van der Waals surface area (Å²) in [7, 11) is 0. The zero-order valence-electron chi connectivity index (χ0n) is 14.1. The van der Waals surface area contributed by atoms with Gasteiger partial charge in [-0.3, -0.25) is 9.59 Å². The minimum absolute atomic E-state index is 0.274. The summed E-state index contributed by atoms with van der Waals surface area (Å²) in [5.74, 6) is -0.547. The lowest BCUT2D eigenvalue weighted by atomic mass is 10.3. The lowest BCUT2D eigenvalue weighted by Crippen LogP contribution is -2.34.